The monoisotopic (exact) mass is 480 g/mol. The van der Waals surface area contributed by atoms with Gasteiger partial charge in [0.25, 0.3) is 5.69 Å². The van der Waals surface area contributed by atoms with Crippen LogP contribution in [0, 0.1) is 23.0 Å². The Bertz CT molecular complexity index is 1230. The van der Waals surface area contributed by atoms with Crippen LogP contribution in [0.25, 0.3) is 0 Å². The van der Waals surface area contributed by atoms with E-state index in [1.807, 2.05) is 31.2 Å². The number of amides is 1. The van der Waals surface area contributed by atoms with Gasteiger partial charge in [-0.1, -0.05) is 41.4 Å². The van der Waals surface area contributed by atoms with Gasteiger partial charge < -0.3 is 14.4 Å². The number of carbonyl (C=O) groups is 2. The normalized spacial score (nSPS) is 15.3. The topological polar surface area (TPSA) is 99.0 Å². The molecule has 174 valence electrons. The zero-order valence-electron chi connectivity index (χ0n) is 18.3. The Labute approximate surface area is 200 Å². The van der Waals surface area contributed by atoms with Crippen molar-refractivity contribution in [3.8, 4) is 11.5 Å². The number of anilines is 1. The van der Waals surface area contributed by atoms with E-state index < -0.39 is 16.8 Å². The van der Waals surface area contributed by atoms with E-state index in [-0.39, 0.29) is 35.4 Å². The standard InChI is InChI=1S/C25H21ClN2O6/c1-16-2-6-19(7-3-16)27-14-18(12-24(27)29)25(30)33-15-17-4-9-21(10-5-17)34-23-11-8-20(28(31)32)13-22(23)26/h2-11,13,18H,12,14-15H2,1H3. The molecule has 0 saturated carbocycles. The summed E-state index contributed by atoms with van der Waals surface area (Å²) in [7, 11) is 0. The Hall–Kier alpha value is -3.91. The average molecular weight is 481 g/mol. The average Bonchev–Trinajstić information content (AvgIpc) is 3.21. The summed E-state index contributed by atoms with van der Waals surface area (Å²) in [6, 6.07) is 18.4. The number of esters is 1. The molecule has 0 spiro atoms. The van der Waals surface area contributed by atoms with Crippen LogP contribution in [0.2, 0.25) is 5.02 Å². The van der Waals surface area contributed by atoms with Gasteiger partial charge in [-0.2, -0.15) is 0 Å². The van der Waals surface area contributed by atoms with Crippen molar-refractivity contribution >= 4 is 34.9 Å². The van der Waals surface area contributed by atoms with Crippen molar-refractivity contribution in [3.05, 3.63) is 93.0 Å². The first-order valence-electron chi connectivity index (χ1n) is 10.5. The molecule has 1 amide bonds. The van der Waals surface area contributed by atoms with Gasteiger partial charge in [-0.25, -0.2) is 0 Å². The molecule has 1 heterocycles. The lowest BCUT2D eigenvalue weighted by atomic mass is 10.1. The number of nitro benzene ring substituents is 1. The van der Waals surface area contributed by atoms with Gasteiger partial charge >= 0.3 is 5.97 Å². The van der Waals surface area contributed by atoms with Gasteiger partial charge in [0.05, 0.1) is 15.9 Å². The maximum absolute atomic E-state index is 12.5. The summed E-state index contributed by atoms with van der Waals surface area (Å²) in [4.78, 5) is 36.8. The highest BCUT2D eigenvalue weighted by molar-refractivity contribution is 6.32. The number of halogens is 1. The summed E-state index contributed by atoms with van der Waals surface area (Å²) in [5.74, 6) is -0.268. The SMILES string of the molecule is Cc1ccc(N2CC(C(=O)OCc3ccc(Oc4ccc([N+](=O)[O-])cc4Cl)cc3)CC2=O)cc1. The molecule has 0 bridgehead atoms. The second-order valence-electron chi connectivity index (χ2n) is 7.97. The fourth-order valence-electron chi connectivity index (χ4n) is 3.58. The summed E-state index contributed by atoms with van der Waals surface area (Å²) in [5, 5.41) is 10.9. The van der Waals surface area contributed by atoms with Crippen LogP contribution < -0.4 is 9.64 Å². The molecule has 1 fully saturated rings. The van der Waals surface area contributed by atoms with E-state index in [2.05, 4.69) is 0 Å². The van der Waals surface area contributed by atoms with Crippen LogP contribution in [-0.2, 0) is 20.9 Å². The van der Waals surface area contributed by atoms with Crippen molar-refractivity contribution in [1.82, 2.24) is 0 Å². The van der Waals surface area contributed by atoms with Crippen LogP contribution in [0.1, 0.15) is 17.5 Å². The predicted octanol–water partition coefficient (Wildman–Crippen LogP) is 5.45. The van der Waals surface area contributed by atoms with E-state index in [4.69, 9.17) is 21.1 Å². The summed E-state index contributed by atoms with van der Waals surface area (Å²) < 4.78 is 11.1. The van der Waals surface area contributed by atoms with Crippen molar-refractivity contribution in [1.29, 1.82) is 0 Å². The first kappa shape index (κ1) is 23.3. The molecule has 3 aromatic rings. The lowest BCUT2D eigenvalue weighted by molar-refractivity contribution is -0.384. The molecule has 1 atom stereocenters. The zero-order valence-corrected chi connectivity index (χ0v) is 19.0. The fourth-order valence-corrected chi connectivity index (χ4v) is 3.79. The zero-order chi connectivity index (χ0) is 24.2. The van der Waals surface area contributed by atoms with Gasteiger partial charge in [-0.3, -0.25) is 19.7 Å². The molecule has 0 N–H and O–H groups in total. The number of ether oxygens (including phenoxy) is 2. The van der Waals surface area contributed by atoms with E-state index in [0.717, 1.165) is 16.8 Å². The fraction of sp³-hybridized carbons (Fsp3) is 0.200. The minimum absolute atomic E-state index is 0.0621. The summed E-state index contributed by atoms with van der Waals surface area (Å²) >= 11 is 6.05. The Balaban J connectivity index is 1.31. The van der Waals surface area contributed by atoms with Crippen molar-refractivity contribution in [2.24, 2.45) is 5.92 Å². The molecular formula is C25H21ClN2O6. The van der Waals surface area contributed by atoms with Gasteiger partial charge in [-0.15, -0.1) is 0 Å². The molecule has 0 aliphatic carbocycles. The molecule has 1 aliphatic rings. The summed E-state index contributed by atoms with van der Waals surface area (Å²) in [5.41, 5.74) is 2.49. The van der Waals surface area contributed by atoms with Gasteiger partial charge in [0.15, 0.2) is 0 Å². The Morgan fingerprint density at radius 2 is 1.82 bits per heavy atom. The van der Waals surface area contributed by atoms with E-state index >= 15 is 0 Å². The third-order valence-corrected chi connectivity index (χ3v) is 5.76. The van der Waals surface area contributed by atoms with E-state index in [1.54, 1.807) is 29.2 Å². The quantitative estimate of drug-likeness (QED) is 0.253. The van der Waals surface area contributed by atoms with Crippen LogP contribution in [0.4, 0.5) is 11.4 Å². The molecule has 0 radical (unpaired) electrons. The summed E-state index contributed by atoms with van der Waals surface area (Å²) in [6.45, 7) is 2.33. The van der Waals surface area contributed by atoms with Crippen LogP contribution in [0.5, 0.6) is 11.5 Å². The molecule has 3 aromatic carbocycles. The molecule has 4 rings (SSSR count). The largest absolute Gasteiger partial charge is 0.461 e. The van der Waals surface area contributed by atoms with Crippen molar-refractivity contribution in [2.45, 2.75) is 20.0 Å². The highest BCUT2D eigenvalue weighted by Gasteiger charge is 2.36. The number of hydrogen-bond donors (Lipinski definition) is 0. The number of hydrogen-bond acceptors (Lipinski definition) is 6. The molecule has 8 nitrogen and oxygen atoms in total. The third kappa shape index (κ3) is 5.35. The molecule has 9 heteroatoms. The van der Waals surface area contributed by atoms with Gasteiger partial charge in [0.1, 0.15) is 18.1 Å². The number of carbonyl (C=O) groups excluding carboxylic acids is 2. The maximum atomic E-state index is 12.5. The first-order valence-corrected chi connectivity index (χ1v) is 10.9. The highest BCUT2D eigenvalue weighted by atomic mass is 35.5. The molecule has 1 saturated heterocycles. The van der Waals surface area contributed by atoms with Crippen LogP contribution in [0.3, 0.4) is 0 Å². The first-order chi connectivity index (χ1) is 16.3. The molecule has 0 aromatic heterocycles. The molecule has 1 unspecified atom stereocenters. The molecule has 1 aliphatic heterocycles. The van der Waals surface area contributed by atoms with Gasteiger partial charge in [0.2, 0.25) is 5.91 Å². The van der Waals surface area contributed by atoms with Gasteiger partial charge in [-0.05, 0) is 42.8 Å². The number of benzene rings is 3. The minimum Gasteiger partial charge on any atom is -0.461 e. The second kappa shape index (κ2) is 9.93. The van der Waals surface area contributed by atoms with Gasteiger partial charge in [0, 0.05) is 30.8 Å². The predicted molar refractivity (Wildman–Crippen MR) is 126 cm³/mol. The van der Waals surface area contributed by atoms with E-state index in [9.17, 15) is 19.7 Å². The smallest absolute Gasteiger partial charge is 0.311 e. The number of nitrogens with zero attached hydrogens (tertiary/aromatic N) is 2. The third-order valence-electron chi connectivity index (χ3n) is 5.46. The van der Waals surface area contributed by atoms with E-state index in [1.165, 1.54) is 18.2 Å². The van der Waals surface area contributed by atoms with Crippen molar-refractivity contribution < 1.29 is 24.0 Å². The summed E-state index contributed by atoms with van der Waals surface area (Å²) in [6.07, 6.45) is 0.121. The Kier molecular flexibility index (Phi) is 6.79. The second-order valence-corrected chi connectivity index (χ2v) is 8.37. The lowest BCUT2D eigenvalue weighted by Crippen LogP contribution is -2.26. The minimum atomic E-state index is -0.534. The van der Waals surface area contributed by atoms with E-state index in [0.29, 0.717) is 12.3 Å². The van der Waals surface area contributed by atoms with Crippen LogP contribution in [0.15, 0.2) is 66.7 Å². The highest BCUT2D eigenvalue weighted by Crippen LogP contribution is 2.32. The number of aryl methyl sites for hydroxylation is 1. The van der Waals surface area contributed by atoms with Crippen LogP contribution >= 0.6 is 11.6 Å². The lowest BCUT2D eigenvalue weighted by Gasteiger charge is -2.16. The maximum Gasteiger partial charge on any atom is 0.311 e. The number of rotatable bonds is 7. The Morgan fingerprint density at radius 1 is 1.12 bits per heavy atom. The van der Waals surface area contributed by atoms with Crippen molar-refractivity contribution in [3.63, 3.8) is 0 Å². The number of nitro groups is 1. The van der Waals surface area contributed by atoms with Crippen molar-refractivity contribution in [2.75, 3.05) is 11.4 Å². The Morgan fingerprint density at radius 3 is 2.47 bits per heavy atom. The van der Waals surface area contributed by atoms with Crippen LogP contribution in [-0.4, -0.2) is 23.3 Å². The molecular weight excluding hydrogens is 460 g/mol. The molecule has 34 heavy (non-hydrogen) atoms. The number of non-ortho nitro benzene ring substituents is 1.